The third-order valence-electron chi connectivity index (χ3n) is 5.68. The van der Waals surface area contributed by atoms with Gasteiger partial charge in [0.2, 0.25) is 5.79 Å². The van der Waals surface area contributed by atoms with Crippen molar-refractivity contribution in [1.29, 1.82) is 0 Å². The van der Waals surface area contributed by atoms with Crippen LogP contribution in [0, 0.1) is 0 Å². The highest BCUT2D eigenvalue weighted by Crippen LogP contribution is 2.42. The van der Waals surface area contributed by atoms with Crippen molar-refractivity contribution >= 4 is 12.4 Å². The van der Waals surface area contributed by atoms with Crippen molar-refractivity contribution in [1.82, 2.24) is 4.90 Å². The predicted molar refractivity (Wildman–Crippen MR) is 111 cm³/mol. The average molecular weight is 388 g/mol. The maximum atomic E-state index is 6.77. The highest BCUT2D eigenvalue weighted by molar-refractivity contribution is 5.85. The standard InChI is InChI=1S/C23H29NO2.ClH/c1-2-16-24-17-10-9-15-21(24)22-18-25-23(26-22,19-11-5-3-6-12-19)20-13-7-4-8-14-20;/h3-8,11-14,21-22H,2,9-10,15-18H2,1H3;1H/t21?,22-;/m1./s1. The van der Waals surface area contributed by atoms with Gasteiger partial charge in [-0.3, -0.25) is 4.90 Å². The number of halogens is 1. The highest BCUT2D eigenvalue weighted by atomic mass is 35.5. The van der Waals surface area contributed by atoms with Crippen LogP contribution < -0.4 is 0 Å². The Morgan fingerprint density at radius 1 is 0.963 bits per heavy atom. The van der Waals surface area contributed by atoms with Crippen LogP contribution in [0.5, 0.6) is 0 Å². The molecule has 0 aliphatic carbocycles. The van der Waals surface area contributed by atoms with Gasteiger partial charge >= 0.3 is 0 Å². The molecule has 0 aromatic heterocycles. The Balaban J connectivity index is 0.00000210. The molecule has 0 saturated carbocycles. The molecule has 146 valence electrons. The quantitative estimate of drug-likeness (QED) is 0.721. The summed E-state index contributed by atoms with van der Waals surface area (Å²) in [4.78, 5) is 2.61. The number of likely N-dealkylation sites (tertiary alicyclic amines) is 1. The van der Waals surface area contributed by atoms with Crippen molar-refractivity contribution in [3.8, 4) is 0 Å². The molecule has 4 heteroatoms. The van der Waals surface area contributed by atoms with Crippen molar-refractivity contribution in [2.24, 2.45) is 0 Å². The van der Waals surface area contributed by atoms with Gasteiger partial charge in [0.15, 0.2) is 0 Å². The Morgan fingerprint density at radius 3 is 2.19 bits per heavy atom. The first-order chi connectivity index (χ1) is 12.8. The molecule has 2 heterocycles. The molecule has 2 saturated heterocycles. The summed E-state index contributed by atoms with van der Waals surface area (Å²) >= 11 is 0. The first-order valence-electron chi connectivity index (χ1n) is 10.0. The summed E-state index contributed by atoms with van der Waals surface area (Å²) in [5, 5.41) is 0. The molecule has 2 aromatic rings. The number of piperidine rings is 1. The minimum atomic E-state index is -0.789. The molecule has 0 N–H and O–H groups in total. The minimum Gasteiger partial charge on any atom is -0.339 e. The number of nitrogens with zero attached hydrogens (tertiary/aromatic N) is 1. The van der Waals surface area contributed by atoms with Crippen molar-refractivity contribution in [2.45, 2.75) is 50.5 Å². The monoisotopic (exact) mass is 387 g/mol. The van der Waals surface area contributed by atoms with Crippen molar-refractivity contribution in [3.63, 3.8) is 0 Å². The first-order valence-corrected chi connectivity index (χ1v) is 10.0. The smallest absolute Gasteiger partial charge is 0.222 e. The lowest BCUT2D eigenvalue weighted by Crippen LogP contribution is -2.48. The van der Waals surface area contributed by atoms with Gasteiger partial charge in [-0.05, 0) is 32.4 Å². The number of hydrogen-bond donors (Lipinski definition) is 0. The van der Waals surface area contributed by atoms with E-state index in [9.17, 15) is 0 Å². The Bertz CT molecular complexity index is 653. The molecular formula is C23H30ClNO2. The Hall–Kier alpha value is -1.39. The molecular weight excluding hydrogens is 358 g/mol. The van der Waals surface area contributed by atoms with Crippen LogP contribution in [0.3, 0.4) is 0 Å². The fourth-order valence-corrected chi connectivity index (χ4v) is 4.46. The molecule has 2 aliphatic heterocycles. The summed E-state index contributed by atoms with van der Waals surface area (Å²) in [6.07, 6.45) is 5.09. The van der Waals surface area contributed by atoms with E-state index in [0.29, 0.717) is 12.6 Å². The zero-order valence-electron chi connectivity index (χ0n) is 16.0. The fraction of sp³-hybridized carbons (Fsp3) is 0.478. The van der Waals surface area contributed by atoms with Crippen LogP contribution in [0.2, 0.25) is 0 Å². The zero-order chi connectivity index (χ0) is 17.8. The Morgan fingerprint density at radius 2 is 1.59 bits per heavy atom. The molecule has 0 amide bonds. The van der Waals surface area contributed by atoms with Gasteiger partial charge in [-0.25, -0.2) is 0 Å². The van der Waals surface area contributed by atoms with E-state index in [2.05, 4.69) is 60.4 Å². The van der Waals surface area contributed by atoms with Crippen LogP contribution in [0.1, 0.15) is 43.7 Å². The van der Waals surface area contributed by atoms with Crippen LogP contribution in [-0.2, 0) is 15.3 Å². The highest BCUT2D eigenvalue weighted by Gasteiger charge is 2.48. The number of rotatable bonds is 5. The van der Waals surface area contributed by atoms with Gasteiger partial charge < -0.3 is 9.47 Å². The van der Waals surface area contributed by atoms with Crippen molar-refractivity contribution in [2.75, 3.05) is 19.7 Å². The van der Waals surface area contributed by atoms with Crippen molar-refractivity contribution in [3.05, 3.63) is 71.8 Å². The topological polar surface area (TPSA) is 21.7 Å². The molecule has 4 rings (SSSR count). The maximum Gasteiger partial charge on any atom is 0.222 e. The first kappa shape index (κ1) is 20.3. The maximum absolute atomic E-state index is 6.77. The van der Waals surface area contributed by atoms with Crippen LogP contribution in [0.25, 0.3) is 0 Å². The molecule has 27 heavy (non-hydrogen) atoms. The van der Waals surface area contributed by atoms with E-state index in [4.69, 9.17) is 9.47 Å². The van der Waals surface area contributed by atoms with Gasteiger partial charge in [0.25, 0.3) is 0 Å². The number of hydrogen-bond acceptors (Lipinski definition) is 3. The fourth-order valence-electron chi connectivity index (χ4n) is 4.46. The zero-order valence-corrected chi connectivity index (χ0v) is 16.9. The lowest BCUT2D eigenvalue weighted by atomic mass is 9.96. The normalized spacial score (nSPS) is 25.1. The number of ether oxygens (including phenoxy) is 2. The summed E-state index contributed by atoms with van der Waals surface area (Å²) in [7, 11) is 0. The second kappa shape index (κ2) is 9.20. The molecule has 3 nitrogen and oxygen atoms in total. The lowest BCUT2D eigenvalue weighted by molar-refractivity contribution is -0.152. The molecule has 2 aromatic carbocycles. The summed E-state index contributed by atoms with van der Waals surface area (Å²) in [5.41, 5.74) is 2.15. The predicted octanol–water partition coefficient (Wildman–Crippen LogP) is 4.99. The average Bonchev–Trinajstić information content (AvgIpc) is 3.17. The molecule has 0 bridgehead atoms. The Labute approximate surface area is 169 Å². The van der Waals surface area contributed by atoms with Crippen LogP contribution in [0.15, 0.2) is 60.7 Å². The van der Waals surface area contributed by atoms with Crippen molar-refractivity contribution < 1.29 is 9.47 Å². The summed E-state index contributed by atoms with van der Waals surface area (Å²) in [5.74, 6) is -0.789. The molecule has 2 aliphatic rings. The Kier molecular flexibility index (Phi) is 6.93. The summed E-state index contributed by atoms with van der Waals surface area (Å²) in [6, 6.07) is 21.2. The second-order valence-corrected chi connectivity index (χ2v) is 7.42. The van der Waals surface area contributed by atoms with Gasteiger partial charge in [0.05, 0.1) is 6.61 Å². The van der Waals surface area contributed by atoms with Gasteiger partial charge in [0.1, 0.15) is 6.10 Å². The van der Waals surface area contributed by atoms with E-state index in [1.165, 1.54) is 32.2 Å². The second-order valence-electron chi connectivity index (χ2n) is 7.42. The minimum absolute atomic E-state index is 0. The van der Waals surface area contributed by atoms with E-state index >= 15 is 0 Å². The van der Waals surface area contributed by atoms with E-state index in [1.54, 1.807) is 0 Å². The van der Waals surface area contributed by atoms with Crippen LogP contribution in [-0.4, -0.2) is 36.7 Å². The van der Waals surface area contributed by atoms with E-state index in [0.717, 1.165) is 17.7 Å². The van der Waals surface area contributed by atoms with Gasteiger partial charge in [-0.15, -0.1) is 12.4 Å². The van der Waals surface area contributed by atoms with E-state index in [-0.39, 0.29) is 18.5 Å². The molecule has 0 radical (unpaired) electrons. The van der Waals surface area contributed by atoms with Crippen LogP contribution >= 0.6 is 12.4 Å². The molecule has 2 fully saturated rings. The number of benzene rings is 2. The van der Waals surface area contributed by atoms with Gasteiger partial charge in [-0.1, -0.05) is 74.0 Å². The van der Waals surface area contributed by atoms with Gasteiger partial charge in [0, 0.05) is 17.2 Å². The van der Waals surface area contributed by atoms with Gasteiger partial charge in [-0.2, -0.15) is 0 Å². The van der Waals surface area contributed by atoms with Crippen LogP contribution in [0.4, 0.5) is 0 Å². The third kappa shape index (κ3) is 4.07. The molecule has 2 atom stereocenters. The third-order valence-corrected chi connectivity index (χ3v) is 5.68. The lowest BCUT2D eigenvalue weighted by Gasteiger charge is -2.39. The SMILES string of the molecule is CCCN1CCCCC1[C@H]1COC(c2ccccc2)(c2ccccc2)O1.Cl. The summed E-state index contributed by atoms with van der Waals surface area (Å²) in [6.45, 7) is 5.24. The van der Waals surface area contributed by atoms with E-state index in [1.807, 2.05) is 12.1 Å². The molecule has 1 unspecified atom stereocenters. The largest absolute Gasteiger partial charge is 0.339 e. The van der Waals surface area contributed by atoms with E-state index < -0.39 is 5.79 Å². The summed E-state index contributed by atoms with van der Waals surface area (Å²) < 4.78 is 13.2. The molecule has 0 spiro atoms.